The van der Waals surface area contributed by atoms with Crippen LogP contribution < -0.4 is 5.56 Å². The first-order chi connectivity index (χ1) is 9.82. The van der Waals surface area contributed by atoms with Gasteiger partial charge in [0.05, 0.1) is 22.7 Å². The van der Waals surface area contributed by atoms with Gasteiger partial charge >= 0.3 is 0 Å². The van der Waals surface area contributed by atoms with E-state index in [1.807, 2.05) is 0 Å². The van der Waals surface area contributed by atoms with E-state index in [0.29, 0.717) is 33.6 Å². The van der Waals surface area contributed by atoms with E-state index in [2.05, 4.69) is 4.98 Å². The van der Waals surface area contributed by atoms with Gasteiger partial charge in [-0.05, 0) is 25.8 Å². The first-order valence-corrected chi connectivity index (χ1v) is 7.52. The second kappa shape index (κ2) is 5.95. The number of hydrogen-bond acceptors (Lipinski definition) is 5. The SMILES string of the molecule is Cc1c(C(=O)N(C)CCC(C)O)sc2ncn(C)c(=O)c12. The summed E-state index contributed by atoms with van der Waals surface area (Å²) in [5.74, 6) is -0.141. The Labute approximate surface area is 126 Å². The third-order valence-corrected chi connectivity index (χ3v) is 4.62. The number of nitrogens with zero attached hydrogens (tertiary/aromatic N) is 3. The highest BCUT2D eigenvalue weighted by molar-refractivity contribution is 7.20. The molecule has 0 aromatic carbocycles. The van der Waals surface area contributed by atoms with Gasteiger partial charge in [0.2, 0.25) is 0 Å². The molecule has 0 aliphatic rings. The highest BCUT2D eigenvalue weighted by Gasteiger charge is 2.21. The lowest BCUT2D eigenvalue weighted by molar-refractivity contribution is 0.0773. The lowest BCUT2D eigenvalue weighted by Crippen LogP contribution is -2.29. The van der Waals surface area contributed by atoms with Crippen molar-refractivity contribution in [1.29, 1.82) is 0 Å². The second-order valence-corrected chi connectivity index (χ2v) is 6.26. The van der Waals surface area contributed by atoms with Crippen LogP contribution in [0.1, 0.15) is 28.6 Å². The number of aromatic nitrogens is 2. The van der Waals surface area contributed by atoms with E-state index < -0.39 is 6.10 Å². The van der Waals surface area contributed by atoms with E-state index in [0.717, 1.165) is 0 Å². The van der Waals surface area contributed by atoms with Gasteiger partial charge in [-0.2, -0.15) is 0 Å². The van der Waals surface area contributed by atoms with Crippen LogP contribution in [0.2, 0.25) is 0 Å². The number of amides is 1. The number of aliphatic hydroxyl groups is 1. The first kappa shape index (κ1) is 15.7. The molecule has 0 aliphatic heterocycles. The van der Waals surface area contributed by atoms with Crippen molar-refractivity contribution in [3.05, 3.63) is 27.1 Å². The third kappa shape index (κ3) is 2.98. The van der Waals surface area contributed by atoms with E-state index in [9.17, 15) is 14.7 Å². The van der Waals surface area contributed by atoms with Crippen molar-refractivity contribution in [2.75, 3.05) is 13.6 Å². The zero-order valence-electron chi connectivity index (χ0n) is 12.6. The van der Waals surface area contributed by atoms with E-state index >= 15 is 0 Å². The van der Waals surface area contributed by atoms with Gasteiger partial charge in [-0.25, -0.2) is 4.98 Å². The minimum Gasteiger partial charge on any atom is -0.393 e. The van der Waals surface area contributed by atoms with Gasteiger partial charge < -0.3 is 14.6 Å². The summed E-state index contributed by atoms with van der Waals surface area (Å²) in [6.07, 6.45) is 1.54. The molecule has 2 aromatic heterocycles. The molecule has 0 radical (unpaired) electrons. The summed E-state index contributed by atoms with van der Waals surface area (Å²) in [7, 11) is 3.34. The number of rotatable bonds is 4. The fourth-order valence-electron chi connectivity index (χ4n) is 2.07. The van der Waals surface area contributed by atoms with Crippen LogP contribution in [0.25, 0.3) is 10.2 Å². The molecule has 21 heavy (non-hydrogen) atoms. The van der Waals surface area contributed by atoms with Gasteiger partial charge in [-0.1, -0.05) is 0 Å². The van der Waals surface area contributed by atoms with Gasteiger partial charge in [-0.3, -0.25) is 9.59 Å². The Bertz CT molecular complexity index is 733. The molecule has 7 heteroatoms. The van der Waals surface area contributed by atoms with Gasteiger partial charge in [-0.15, -0.1) is 11.3 Å². The highest BCUT2D eigenvalue weighted by atomic mass is 32.1. The Kier molecular flexibility index (Phi) is 4.43. The Balaban J connectivity index is 2.39. The zero-order valence-corrected chi connectivity index (χ0v) is 13.4. The molecule has 0 aliphatic carbocycles. The van der Waals surface area contributed by atoms with Crippen LogP contribution in [-0.4, -0.2) is 45.2 Å². The number of carbonyl (C=O) groups excluding carboxylic acids is 1. The fraction of sp³-hybridized carbons (Fsp3) is 0.500. The number of fused-ring (bicyclic) bond motifs is 1. The summed E-state index contributed by atoms with van der Waals surface area (Å²) in [6.45, 7) is 3.93. The van der Waals surface area contributed by atoms with Crippen molar-refractivity contribution in [3.8, 4) is 0 Å². The Morgan fingerprint density at radius 3 is 2.86 bits per heavy atom. The smallest absolute Gasteiger partial charge is 0.264 e. The maximum Gasteiger partial charge on any atom is 0.264 e. The standard InChI is InChI=1S/C14H19N3O3S/c1-8(18)5-6-16(3)14(20)11-9(2)10-12(21-11)15-7-17(4)13(10)19/h7-8,18H,5-6H2,1-4H3. The van der Waals surface area contributed by atoms with Crippen LogP contribution in [0.4, 0.5) is 0 Å². The topological polar surface area (TPSA) is 75.4 Å². The van der Waals surface area contributed by atoms with Crippen molar-refractivity contribution < 1.29 is 9.90 Å². The quantitative estimate of drug-likeness (QED) is 0.919. The van der Waals surface area contributed by atoms with Gasteiger partial charge in [0.1, 0.15) is 4.83 Å². The normalized spacial score (nSPS) is 12.6. The summed E-state index contributed by atoms with van der Waals surface area (Å²) < 4.78 is 1.41. The van der Waals surface area contributed by atoms with Crippen molar-refractivity contribution in [2.45, 2.75) is 26.4 Å². The van der Waals surface area contributed by atoms with Gasteiger partial charge in [0, 0.05) is 20.6 Å². The molecule has 6 nitrogen and oxygen atoms in total. The van der Waals surface area contributed by atoms with Gasteiger partial charge in [0.15, 0.2) is 0 Å². The zero-order chi connectivity index (χ0) is 15.7. The molecule has 2 heterocycles. The second-order valence-electron chi connectivity index (χ2n) is 5.26. The van der Waals surface area contributed by atoms with Gasteiger partial charge in [0.25, 0.3) is 11.5 Å². The lowest BCUT2D eigenvalue weighted by atomic mass is 10.2. The molecule has 1 N–H and O–H groups in total. The van der Waals surface area contributed by atoms with E-state index in [1.54, 1.807) is 32.8 Å². The summed E-state index contributed by atoms with van der Waals surface area (Å²) in [4.78, 5) is 31.5. The maximum atomic E-state index is 12.5. The van der Waals surface area contributed by atoms with Crippen molar-refractivity contribution >= 4 is 27.5 Å². The predicted molar refractivity (Wildman–Crippen MR) is 82.9 cm³/mol. The predicted octanol–water partition coefficient (Wildman–Crippen LogP) is 1.15. The van der Waals surface area contributed by atoms with E-state index in [4.69, 9.17) is 0 Å². The molecular formula is C14H19N3O3S. The van der Waals surface area contributed by atoms with Crippen LogP contribution in [0.15, 0.2) is 11.1 Å². The van der Waals surface area contributed by atoms with Crippen molar-refractivity contribution in [2.24, 2.45) is 7.05 Å². The Morgan fingerprint density at radius 2 is 2.24 bits per heavy atom. The molecule has 114 valence electrons. The van der Waals surface area contributed by atoms with Crippen LogP contribution in [0.5, 0.6) is 0 Å². The number of aryl methyl sites for hydroxylation is 2. The minimum absolute atomic E-state index is 0.139. The van der Waals surface area contributed by atoms with Crippen LogP contribution in [0, 0.1) is 6.92 Å². The third-order valence-electron chi connectivity index (χ3n) is 3.43. The molecular weight excluding hydrogens is 290 g/mol. The average molecular weight is 309 g/mol. The number of hydrogen-bond donors (Lipinski definition) is 1. The average Bonchev–Trinajstić information content (AvgIpc) is 2.77. The van der Waals surface area contributed by atoms with Crippen LogP contribution in [-0.2, 0) is 7.05 Å². The molecule has 0 spiro atoms. The maximum absolute atomic E-state index is 12.5. The highest BCUT2D eigenvalue weighted by Crippen LogP contribution is 2.27. The molecule has 0 saturated carbocycles. The van der Waals surface area contributed by atoms with E-state index in [-0.39, 0.29) is 11.5 Å². The number of thiophene rings is 1. The Morgan fingerprint density at radius 1 is 1.57 bits per heavy atom. The molecule has 1 unspecified atom stereocenters. The summed E-state index contributed by atoms with van der Waals surface area (Å²) in [5.41, 5.74) is 0.539. The summed E-state index contributed by atoms with van der Waals surface area (Å²) in [5, 5.41) is 9.81. The van der Waals surface area contributed by atoms with Crippen LogP contribution >= 0.6 is 11.3 Å². The number of aliphatic hydroxyl groups excluding tert-OH is 1. The summed E-state index contributed by atoms with van der Waals surface area (Å²) >= 11 is 1.24. The molecule has 1 atom stereocenters. The number of carbonyl (C=O) groups is 1. The molecule has 1 amide bonds. The monoisotopic (exact) mass is 309 g/mol. The first-order valence-electron chi connectivity index (χ1n) is 6.71. The molecule has 2 rings (SSSR count). The largest absolute Gasteiger partial charge is 0.393 e. The molecule has 0 fully saturated rings. The van der Waals surface area contributed by atoms with Crippen LogP contribution in [0.3, 0.4) is 0 Å². The van der Waals surface area contributed by atoms with Crippen molar-refractivity contribution in [1.82, 2.24) is 14.5 Å². The minimum atomic E-state index is -0.447. The molecule has 0 bridgehead atoms. The fourth-order valence-corrected chi connectivity index (χ4v) is 3.20. The van der Waals surface area contributed by atoms with Crippen molar-refractivity contribution in [3.63, 3.8) is 0 Å². The summed E-state index contributed by atoms with van der Waals surface area (Å²) in [6, 6.07) is 0. The lowest BCUT2D eigenvalue weighted by Gasteiger charge is -2.17. The molecule has 0 saturated heterocycles. The molecule has 2 aromatic rings. The van der Waals surface area contributed by atoms with E-state index in [1.165, 1.54) is 22.2 Å². The Hall–Kier alpha value is -1.73.